The molecule has 3 heterocycles. The highest BCUT2D eigenvalue weighted by atomic mass is 35.5. The number of benzene rings is 2. The van der Waals surface area contributed by atoms with Crippen LogP contribution in [0.15, 0.2) is 57.2 Å². The van der Waals surface area contributed by atoms with Gasteiger partial charge in [-0.05, 0) is 36.8 Å². The van der Waals surface area contributed by atoms with Gasteiger partial charge in [0, 0.05) is 11.6 Å². The van der Waals surface area contributed by atoms with Crippen molar-refractivity contribution in [2.75, 3.05) is 0 Å². The molecule has 3 aromatic heterocycles. The number of aromatic amines is 1. The minimum absolute atomic E-state index is 0.0668. The van der Waals surface area contributed by atoms with Gasteiger partial charge < -0.3 is 4.98 Å². The average molecular weight is 467 g/mol. The summed E-state index contributed by atoms with van der Waals surface area (Å²) in [5, 5.41) is 10.9. The van der Waals surface area contributed by atoms with E-state index in [2.05, 4.69) is 27.1 Å². The van der Waals surface area contributed by atoms with E-state index in [1.54, 1.807) is 22.8 Å². The lowest BCUT2D eigenvalue weighted by Gasteiger charge is -2.10. The van der Waals surface area contributed by atoms with Gasteiger partial charge in [-0.25, -0.2) is 4.98 Å². The van der Waals surface area contributed by atoms with Crippen LogP contribution in [0.25, 0.3) is 27.6 Å². The van der Waals surface area contributed by atoms with Crippen LogP contribution in [0.1, 0.15) is 25.6 Å². The van der Waals surface area contributed by atoms with E-state index in [9.17, 15) is 9.59 Å². The van der Waals surface area contributed by atoms with Crippen molar-refractivity contribution in [1.29, 1.82) is 0 Å². The number of fused-ring (bicyclic) bond motifs is 4. The third-order valence-corrected chi connectivity index (χ3v) is 6.44. The monoisotopic (exact) mass is 466 g/mol. The van der Waals surface area contributed by atoms with Crippen molar-refractivity contribution >= 4 is 50.9 Å². The van der Waals surface area contributed by atoms with E-state index in [4.69, 9.17) is 11.6 Å². The zero-order valence-electron chi connectivity index (χ0n) is 17.2. The molecule has 0 aliphatic rings. The molecule has 8 nitrogen and oxygen atoms in total. The first-order chi connectivity index (χ1) is 15.6. The lowest BCUT2D eigenvalue weighted by molar-refractivity contribution is 0.620. The minimum atomic E-state index is -0.216. The van der Waals surface area contributed by atoms with Gasteiger partial charge in [0.2, 0.25) is 5.78 Å². The van der Waals surface area contributed by atoms with Gasteiger partial charge in [0.15, 0.2) is 5.16 Å². The van der Waals surface area contributed by atoms with Gasteiger partial charge in [0.1, 0.15) is 5.82 Å². The lowest BCUT2D eigenvalue weighted by Crippen LogP contribution is -2.23. The quantitative estimate of drug-likeness (QED) is 0.379. The van der Waals surface area contributed by atoms with Crippen LogP contribution in [0, 0.1) is 0 Å². The van der Waals surface area contributed by atoms with E-state index in [-0.39, 0.29) is 11.1 Å². The summed E-state index contributed by atoms with van der Waals surface area (Å²) in [5.74, 6) is 1.40. The van der Waals surface area contributed by atoms with Crippen LogP contribution < -0.4 is 11.1 Å². The lowest BCUT2D eigenvalue weighted by atomic mass is 10.2. The second-order valence-corrected chi connectivity index (χ2v) is 8.79. The molecule has 0 atom stereocenters. The zero-order chi connectivity index (χ0) is 22.2. The second-order valence-electron chi connectivity index (χ2n) is 7.41. The number of nitrogens with zero attached hydrogens (tertiary/aromatic N) is 5. The smallest absolute Gasteiger partial charge is 0.262 e. The first-order valence-corrected chi connectivity index (χ1v) is 11.6. The molecule has 0 aliphatic carbocycles. The van der Waals surface area contributed by atoms with E-state index in [1.165, 1.54) is 11.8 Å². The Bertz CT molecular complexity index is 1590. The first-order valence-electron chi connectivity index (χ1n) is 10.2. The highest BCUT2D eigenvalue weighted by molar-refractivity contribution is 7.98. The van der Waals surface area contributed by atoms with Crippen LogP contribution in [-0.4, -0.2) is 29.1 Å². The summed E-state index contributed by atoms with van der Waals surface area (Å²) in [6.07, 6.45) is 1.83. The van der Waals surface area contributed by atoms with Gasteiger partial charge in [-0.3, -0.25) is 18.6 Å². The Hall–Kier alpha value is -3.17. The van der Waals surface area contributed by atoms with E-state index in [0.29, 0.717) is 50.4 Å². The second kappa shape index (κ2) is 8.40. The van der Waals surface area contributed by atoms with Crippen molar-refractivity contribution in [2.24, 2.45) is 0 Å². The Labute approximate surface area is 191 Å². The van der Waals surface area contributed by atoms with Crippen molar-refractivity contribution in [2.45, 2.75) is 37.2 Å². The SMILES string of the molecule is CCCCn1c(=O)c2ccccc2n2c(SCc3nc4cc(Cl)ccc4c(=O)[nH]3)nnc12. The summed E-state index contributed by atoms with van der Waals surface area (Å²) in [4.78, 5) is 32.8. The number of halogens is 1. The number of hydrogen-bond acceptors (Lipinski definition) is 6. The van der Waals surface area contributed by atoms with Crippen molar-refractivity contribution in [3.05, 3.63) is 74.0 Å². The predicted octanol–water partition coefficient (Wildman–Crippen LogP) is 4.03. The maximum absolute atomic E-state index is 13.0. The number of aromatic nitrogens is 6. The van der Waals surface area contributed by atoms with Gasteiger partial charge in [-0.15, -0.1) is 10.2 Å². The number of unbranched alkanes of at least 4 members (excludes halogenated alkanes) is 1. The molecule has 0 unspecified atom stereocenters. The van der Waals surface area contributed by atoms with Gasteiger partial charge in [-0.1, -0.05) is 48.8 Å². The number of H-pyrrole nitrogens is 1. The predicted molar refractivity (Wildman–Crippen MR) is 127 cm³/mol. The molecular weight excluding hydrogens is 448 g/mol. The fraction of sp³-hybridized carbons (Fsp3) is 0.227. The zero-order valence-corrected chi connectivity index (χ0v) is 18.8. The fourth-order valence-corrected chi connectivity index (χ4v) is 4.68. The maximum atomic E-state index is 13.0. The van der Waals surface area contributed by atoms with Crippen molar-refractivity contribution in [3.63, 3.8) is 0 Å². The molecule has 162 valence electrons. The molecule has 0 saturated heterocycles. The minimum Gasteiger partial charge on any atom is -0.309 e. The number of rotatable bonds is 6. The normalized spacial score (nSPS) is 11.7. The molecule has 0 bridgehead atoms. The van der Waals surface area contributed by atoms with E-state index in [0.717, 1.165) is 18.4 Å². The van der Waals surface area contributed by atoms with Gasteiger partial charge in [-0.2, -0.15) is 0 Å². The number of para-hydroxylation sites is 1. The van der Waals surface area contributed by atoms with Crippen LogP contribution in [0.2, 0.25) is 5.02 Å². The van der Waals surface area contributed by atoms with E-state index in [1.807, 2.05) is 28.7 Å². The molecule has 0 spiro atoms. The largest absolute Gasteiger partial charge is 0.309 e. The number of nitrogens with one attached hydrogen (secondary N) is 1. The molecular formula is C22H19ClN6O2S. The summed E-state index contributed by atoms with van der Waals surface area (Å²) < 4.78 is 3.58. The molecule has 0 saturated carbocycles. The molecule has 0 amide bonds. The Morgan fingerprint density at radius 2 is 1.94 bits per heavy atom. The summed E-state index contributed by atoms with van der Waals surface area (Å²) in [7, 11) is 0. The van der Waals surface area contributed by atoms with Crippen LogP contribution in [0.5, 0.6) is 0 Å². The third kappa shape index (κ3) is 3.57. The molecule has 0 fully saturated rings. The maximum Gasteiger partial charge on any atom is 0.262 e. The summed E-state index contributed by atoms with van der Waals surface area (Å²) >= 11 is 7.45. The number of hydrogen-bond donors (Lipinski definition) is 1. The van der Waals surface area contributed by atoms with E-state index >= 15 is 0 Å². The van der Waals surface area contributed by atoms with Crippen molar-refractivity contribution in [3.8, 4) is 0 Å². The molecule has 10 heteroatoms. The highest BCUT2D eigenvalue weighted by Gasteiger charge is 2.17. The first kappa shape index (κ1) is 20.7. The molecule has 5 rings (SSSR count). The summed E-state index contributed by atoms with van der Waals surface area (Å²) in [6, 6.07) is 12.4. The number of thioether (sulfide) groups is 1. The van der Waals surface area contributed by atoms with Crippen LogP contribution >= 0.6 is 23.4 Å². The van der Waals surface area contributed by atoms with Gasteiger partial charge in [0.05, 0.1) is 27.6 Å². The molecule has 32 heavy (non-hydrogen) atoms. The van der Waals surface area contributed by atoms with Gasteiger partial charge in [0.25, 0.3) is 11.1 Å². The standard InChI is InChI=1S/C22H19ClN6O2S/c1-2-3-10-28-20(31)15-6-4-5-7-17(15)29-21(28)26-27-22(29)32-12-18-24-16-11-13(23)8-9-14(16)19(30)25-18/h4-9,11H,2-3,10,12H2,1H3,(H,24,25,30). The molecule has 2 aromatic carbocycles. The van der Waals surface area contributed by atoms with Crippen molar-refractivity contribution < 1.29 is 0 Å². The fourth-order valence-electron chi connectivity index (χ4n) is 3.71. The average Bonchev–Trinajstić information content (AvgIpc) is 3.21. The Balaban J connectivity index is 1.58. The van der Waals surface area contributed by atoms with Gasteiger partial charge >= 0.3 is 0 Å². The molecule has 0 radical (unpaired) electrons. The Morgan fingerprint density at radius 3 is 2.78 bits per heavy atom. The topological polar surface area (TPSA) is 97.9 Å². The van der Waals surface area contributed by atoms with Crippen LogP contribution in [0.3, 0.4) is 0 Å². The third-order valence-electron chi connectivity index (χ3n) is 5.27. The highest BCUT2D eigenvalue weighted by Crippen LogP contribution is 2.24. The summed E-state index contributed by atoms with van der Waals surface area (Å²) in [5.41, 5.74) is 1.01. The van der Waals surface area contributed by atoms with Crippen LogP contribution in [0.4, 0.5) is 0 Å². The van der Waals surface area contributed by atoms with Crippen LogP contribution in [-0.2, 0) is 12.3 Å². The van der Waals surface area contributed by atoms with Crippen molar-refractivity contribution in [1.82, 2.24) is 29.1 Å². The van der Waals surface area contributed by atoms with E-state index < -0.39 is 0 Å². The Kier molecular flexibility index (Phi) is 5.44. The number of aryl methyl sites for hydroxylation is 1. The Morgan fingerprint density at radius 1 is 1.09 bits per heavy atom. The molecule has 5 aromatic rings. The summed E-state index contributed by atoms with van der Waals surface area (Å²) in [6.45, 7) is 2.66. The molecule has 1 N–H and O–H groups in total. The molecule has 0 aliphatic heterocycles.